The molecule has 0 atom stereocenters. The topological polar surface area (TPSA) is 13.8 Å². The first kappa shape index (κ1) is 42.1. The molecule has 6 aromatic heterocycles. The van der Waals surface area contributed by atoms with E-state index in [-0.39, 0.29) is 16.2 Å². The molecule has 72 heavy (non-hydrogen) atoms. The lowest BCUT2D eigenvalue weighted by molar-refractivity contribution is 0.591. The molecule has 0 fully saturated rings. The van der Waals surface area contributed by atoms with Crippen LogP contribution in [0, 0.1) is 0 Å². The number of nitrogens with zero attached hydrogens (tertiary/aromatic N) is 3. The van der Waals surface area contributed by atoms with Crippen molar-refractivity contribution < 1.29 is 0 Å². The van der Waals surface area contributed by atoms with Crippen LogP contribution < -0.4 is 0 Å². The maximum Gasteiger partial charge on any atom is 0.109 e. The smallest absolute Gasteiger partial charge is 0.109 e. The SMILES string of the molecule is CC(C)(C)c1cc(-c2ccc3c(c2)c2ccccc2n3-c2cccc(-c3ccccc3)c2)c2c(c1)c1cc(C(C)(C)C)cc3c4cc5c6cc(C(C)(C)C)cc7c8c9ccccc9sc8n(c5cc4n2c31)c67. The molecule has 0 aliphatic heterocycles. The van der Waals surface area contributed by atoms with E-state index in [0.29, 0.717) is 0 Å². The van der Waals surface area contributed by atoms with E-state index >= 15 is 0 Å². The van der Waals surface area contributed by atoms with Crippen molar-refractivity contribution in [2.24, 2.45) is 0 Å². The van der Waals surface area contributed by atoms with Gasteiger partial charge in [-0.15, -0.1) is 11.3 Å². The fraction of sp³-hybridized carbons (Fsp3) is 0.176. The number of para-hydroxylation sites is 1. The van der Waals surface area contributed by atoms with Gasteiger partial charge in [0.1, 0.15) is 4.83 Å². The number of thiophene rings is 1. The summed E-state index contributed by atoms with van der Waals surface area (Å²) in [5.74, 6) is 0. The van der Waals surface area contributed by atoms with Gasteiger partial charge in [-0.2, -0.15) is 0 Å². The van der Waals surface area contributed by atoms with Crippen LogP contribution in [0.1, 0.15) is 79.0 Å². The van der Waals surface area contributed by atoms with Crippen LogP contribution in [0.5, 0.6) is 0 Å². The summed E-state index contributed by atoms with van der Waals surface area (Å²) in [7, 11) is 0. The monoisotopic (exact) mass is 945 g/mol. The zero-order chi connectivity index (χ0) is 48.9. The highest BCUT2D eigenvalue weighted by atomic mass is 32.1. The molecule has 15 aromatic rings. The van der Waals surface area contributed by atoms with Crippen molar-refractivity contribution in [2.75, 3.05) is 0 Å². The Morgan fingerprint density at radius 2 is 0.875 bits per heavy atom. The molecule has 0 aliphatic carbocycles. The van der Waals surface area contributed by atoms with Crippen LogP contribution >= 0.6 is 11.3 Å². The molecule has 0 aliphatic rings. The van der Waals surface area contributed by atoms with Crippen molar-refractivity contribution in [1.82, 2.24) is 13.4 Å². The zero-order valence-corrected chi connectivity index (χ0v) is 43.2. The Balaban J connectivity index is 1.08. The van der Waals surface area contributed by atoms with E-state index in [4.69, 9.17) is 0 Å². The quantitative estimate of drug-likeness (QED) is 0.168. The van der Waals surface area contributed by atoms with Crippen LogP contribution in [-0.2, 0) is 16.2 Å². The molecule has 3 nitrogen and oxygen atoms in total. The van der Waals surface area contributed by atoms with Gasteiger partial charge in [0.15, 0.2) is 0 Å². The number of hydrogen-bond acceptors (Lipinski definition) is 1. The van der Waals surface area contributed by atoms with E-state index in [9.17, 15) is 0 Å². The first-order valence-electron chi connectivity index (χ1n) is 25.7. The normalized spacial score (nSPS) is 13.3. The third kappa shape index (κ3) is 5.67. The Morgan fingerprint density at radius 3 is 1.58 bits per heavy atom. The minimum atomic E-state index is -0.0817. The van der Waals surface area contributed by atoms with Gasteiger partial charge >= 0.3 is 0 Å². The average Bonchev–Trinajstić information content (AvgIpc) is 4.21. The summed E-state index contributed by atoms with van der Waals surface area (Å²) in [4.78, 5) is 1.33. The maximum atomic E-state index is 2.67. The molecule has 0 saturated carbocycles. The third-order valence-electron chi connectivity index (χ3n) is 16.3. The summed E-state index contributed by atoms with van der Waals surface area (Å²) >= 11 is 1.93. The van der Waals surface area contributed by atoms with E-state index < -0.39 is 0 Å². The van der Waals surface area contributed by atoms with Crippen LogP contribution in [0.15, 0.2) is 170 Å². The number of fused-ring (bicyclic) bond motifs is 17. The summed E-state index contributed by atoms with van der Waals surface area (Å²) in [6.45, 7) is 21.3. The van der Waals surface area contributed by atoms with Crippen molar-refractivity contribution in [3.05, 3.63) is 187 Å². The molecular formula is C68H55N3S. The van der Waals surface area contributed by atoms with E-state index in [2.05, 4.69) is 246 Å². The Kier molecular flexibility index (Phi) is 8.21. The largest absolute Gasteiger partial charge is 0.309 e. The molecule has 0 unspecified atom stereocenters. The van der Waals surface area contributed by atoms with Crippen LogP contribution in [-0.4, -0.2) is 13.4 Å². The molecule has 0 saturated heterocycles. The van der Waals surface area contributed by atoms with Crippen LogP contribution in [0.3, 0.4) is 0 Å². The highest BCUT2D eigenvalue weighted by molar-refractivity contribution is 7.25. The molecule has 9 aromatic carbocycles. The standard InChI is InChI=1S/C68H55N3S/c1-66(2,3)41-30-47(40-26-27-57-48(29-40)45-22-13-15-24-56(45)69(57)44-21-17-20-39(28-44)38-18-11-10-12-19-38)62-53(33-41)54-34-42(67(4,5)6)31-51-49-36-50-52-32-43(68(7,8)9)35-55-61-46-23-14-16-25-60(46)72-65(61)71(64(52)55)59(50)37-58(49)70(62)63(51)54/h10-37H,1-9H3. The van der Waals surface area contributed by atoms with Gasteiger partial charge in [0, 0.05) is 75.2 Å². The summed E-state index contributed by atoms with van der Waals surface area (Å²) in [6, 6.07) is 65.2. The second-order valence-electron chi connectivity index (χ2n) is 23.8. The predicted octanol–water partition coefficient (Wildman–Crippen LogP) is 19.5. The molecule has 6 heterocycles. The second-order valence-corrected chi connectivity index (χ2v) is 24.9. The molecule has 0 spiro atoms. The Hall–Kier alpha value is -7.66. The lowest BCUT2D eigenvalue weighted by Crippen LogP contribution is -2.11. The van der Waals surface area contributed by atoms with Gasteiger partial charge in [-0.3, -0.25) is 4.40 Å². The molecular weight excluding hydrogens is 891 g/mol. The molecule has 0 radical (unpaired) electrons. The third-order valence-corrected chi connectivity index (χ3v) is 17.5. The fourth-order valence-electron chi connectivity index (χ4n) is 12.5. The molecule has 0 N–H and O–H groups in total. The van der Waals surface area contributed by atoms with Crippen molar-refractivity contribution >= 4 is 119 Å². The van der Waals surface area contributed by atoms with Gasteiger partial charge in [0.2, 0.25) is 0 Å². The Labute approximate surface area is 422 Å². The van der Waals surface area contributed by atoms with Gasteiger partial charge in [-0.1, -0.05) is 147 Å². The lowest BCUT2D eigenvalue weighted by atomic mass is 9.83. The number of aromatic nitrogens is 3. The molecule has 4 heteroatoms. The average molecular weight is 946 g/mol. The second kappa shape index (κ2) is 14.1. The summed E-state index contributed by atoms with van der Waals surface area (Å²) < 4.78 is 9.08. The summed E-state index contributed by atoms with van der Waals surface area (Å²) in [6.07, 6.45) is 0. The fourth-order valence-corrected chi connectivity index (χ4v) is 13.8. The lowest BCUT2D eigenvalue weighted by Gasteiger charge is -2.22. The molecule has 15 rings (SSSR count). The van der Waals surface area contributed by atoms with Crippen LogP contribution in [0.4, 0.5) is 0 Å². The van der Waals surface area contributed by atoms with Crippen molar-refractivity contribution in [3.63, 3.8) is 0 Å². The van der Waals surface area contributed by atoms with Crippen LogP contribution in [0.2, 0.25) is 0 Å². The van der Waals surface area contributed by atoms with Crippen molar-refractivity contribution in [1.29, 1.82) is 0 Å². The highest BCUT2D eigenvalue weighted by Crippen LogP contribution is 2.51. The first-order valence-corrected chi connectivity index (χ1v) is 26.5. The molecule has 0 bridgehead atoms. The van der Waals surface area contributed by atoms with E-state index in [1.165, 1.54) is 146 Å². The van der Waals surface area contributed by atoms with E-state index in [0.717, 1.165) is 5.69 Å². The Morgan fingerprint density at radius 1 is 0.333 bits per heavy atom. The zero-order valence-electron chi connectivity index (χ0n) is 42.4. The Bertz CT molecular complexity index is 4780. The first-order chi connectivity index (χ1) is 34.6. The molecule has 348 valence electrons. The summed E-state index contributed by atoms with van der Waals surface area (Å²) in [5.41, 5.74) is 18.9. The number of benzene rings is 9. The van der Waals surface area contributed by atoms with Crippen molar-refractivity contribution in [3.8, 4) is 27.9 Å². The minimum Gasteiger partial charge on any atom is -0.309 e. The maximum absolute atomic E-state index is 2.67. The molecule has 0 amide bonds. The van der Waals surface area contributed by atoms with Gasteiger partial charge in [-0.25, -0.2) is 0 Å². The van der Waals surface area contributed by atoms with Gasteiger partial charge in [-0.05, 0) is 135 Å². The predicted molar refractivity (Wildman–Crippen MR) is 312 cm³/mol. The van der Waals surface area contributed by atoms with Crippen molar-refractivity contribution in [2.45, 2.75) is 78.6 Å². The van der Waals surface area contributed by atoms with Crippen LogP contribution in [0.25, 0.3) is 135 Å². The number of hydrogen-bond donors (Lipinski definition) is 0. The number of rotatable bonds is 3. The summed E-state index contributed by atoms with van der Waals surface area (Å²) in [5, 5.41) is 14.6. The van der Waals surface area contributed by atoms with E-state index in [1.807, 2.05) is 11.3 Å². The van der Waals surface area contributed by atoms with Gasteiger partial charge in [0.25, 0.3) is 0 Å². The minimum absolute atomic E-state index is 0.0114. The van der Waals surface area contributed by atoms with Gasteiger partial charge in [0.05, 0.1) is 38.6 Å². The van der Waals surface area contributed by atoms with E-state index in [1.54, 1.807) is 0 Å². The highest BCUT2D eigenvalue weighted by Gasteiger charge is 2.30. The van der Waals surface area contributed by atoms with Gasteiger partial charge < -0.3 is 8.97 Å².